The Morgan fingerprint density at radius 2 is 1.10 bits per heavy atom. The van der Waals surface area contributed by atoms with Gasteiger partial charge in [-0.1, -0.05) is 66.7 Å². The second-order valence-electron chi connectivity index (χ2n) is 9.99. The normalized spacial score (nSPS) is 11.5. The molecule has 0 aliphatic heterocycles. The van der Waals surface area contributed by atoms with Crippen LogP contribution < -0.4 is 0 Å². The summed E-state index contributed by atoms with van der Waals surface area (Å²) in [5.74, 6) is 0. The SMILES string of the molecule is [C-]#[N+]c1ccc2c(c1)c1ccccc1n2-c1cccc(-c2cccc(-n3c4ccccc4c4cccnc43)c2)c1. The largest absolute Gasteiger partial charge is 0.309 e. The van der Waals surface area contributed by atoms with Crippen LogP contribution in [0, 0.1) is 6.57 Å². The summed E-state index contributed by atoms with van der Waals surface area (Å²) in [5, 5.41) is 4.59. The first kappa shape index (κ1) is 22.3. The molecule has 0 N–H and O–H groups in total. The topological polar surface area (TPSA) is 27.1 Å². The Kier molecular flexibility index (Phi) is 4.85. The molecule has 0 fully saturated rings. The average molecular weight is 511 g/mol. The zero-order valence-electron chi connectivity index (χ0n) is 21.5. The maximum atomic E-state index is 7.49. The lowest BCUT2D eigenvalue weighted by Crippen LogP contribution is -1.96. The Labute approximate surface area is 230 Å². The van der Waals surface area contributed by atoms with Crippen molar-refractivity contribution in [3.8, 4) is 22.5 Å². The van der Waals surface area contributed by atoms with E-state index in [1.54, 1.807) is 0 Å². The second kappa shape index (κ2) is 8.69. The van der Waals surface area contributed by atoms with E-state index < -0.39 is 0 Å². The Bertz CT molecular complexity index is 2240. The van der Waals surface area contributed by atoms with Crippen molar-refractivity contribution in [3.05, 3.63) is 145 Å². The number of aromatic nitrogens is 3. The molecule has 3 aromatic heterocycles. The number of para-hydroxylation sites is 2. The predicted octanol–water partition coefficient (Wildman–Crippen LogP) is 9.49. The van der Waals surface area contributed by atoms with Crippen LogP contribution in [0.5, 0.6) is 0 Å². The molecule has 0 radical (unpaired) electrons. The molecule has 3 heterocycles. The lowest BCUT2D eigenvalue weighted by molar-refractivity contribution is 1.14. The molecule has 0 amide bonds. The van der Waals surface area contributed by atoms with Gasteiger partial charge in [-0.15, -0.1) is 0 Å². The first-order chi connectivity index (χ1) is 19.8. The highest BCUT2D eigenvalue weighted by Crippen LogP contribution is 2.36. The second-order valence-corrected chi connectivity index (χ2v) is 9.99. The van der Waals surface area contributed by atoms with Gasteiger partial charge >= 0.3 is 0 Å². The molecule has 8 rings (SSSR count). The molecule has 0 atom stereocenters. The Hall–Kier alpha value is -5.66. The third-order valence-corrected chi connectivity index (χ3v) is 7.76. The lowest BCUT2D eigenvalue weighted by Gasteiger charge is -2.12. The van der Waals surface area contributed by atoms with Gasteiger partial charge in [0.15, 0.2) is 5.69 Å². The van der Waals surface area contributed by atoms with Gasteiger partial charge in [-0.3, -0.25) is 4.57 Å². The average Bonchev–Trinajstić information content (AvgIpc) is 3.54. The van der Waals surface area contributed by atoms with E-state index in [9.17, 15) is 0 Å². The Morgan fingerprint density at radius 3 is 1.82 bits per heavy atom. The Morgan fingerprint density at radius 1 is 0.500 bits per heavy atom. The zero-order valence-corrected chi connectivity index (χ0v) is 21.5. The predicted molar refractivity (Wildman–Crippen MR) is 165 cm³/mol. The highest BCUT2D eigenvalue weighted by Gasteiger charge is 2.15. The van der Waals surface area contributed by atoms with Gasteiger partial charge in [-0.25, -0.2) is 9.83 Å². The molecule has 0 spiro atoms. The third kappa shape index (κ3) is 3.28. The highest BCUT2D eigenvalue weighted by atomic mass is 15.0. The number of rotatable bonds is 3. The first-order valence-corrected chi connectivity index (χ1v) is 13.3. The van der Waals surface area contributed by atoms with Gasteiger partial charge in [0.1, 0.15) is 5.65 Å². The van der Waals surface area contributed by atoms with Crippen LogP contribution in [-0.2, 0) is 0 Å². The molecule has 186 valence electrons. The fraction of sp³-hybridized carbons (Fsp3) is 0. The van der Waals surface area contributed by atoms with Crippen LogP contribution in [-0.4, -0.2) is 14.1 Å². The van der Waals surface area contributed by atoms with E-state index in [1.165, 1.54) is 5.39 Å². The fourth-order valence-electron chi connectivity index (χ4n) is 6.01. The standard InChI is InChI=1S/C36H22N4/c1-37-26-18-19-35-32(23-26)30-14-3-4-16-33(30)39(35)27-11-6-9-24(21-27)25-10-7-12-28(22-25)40-34-17-5-2-13-29(34)31-15-8-20-38-36(31)40/h2-23H. The first-order valence-electron chi connectivity index (χ1n) is 13.3. The number of nitrogens with zero attached hydrogens (tertiary/aromatic N) is 4. The minimum absolute atomic E-state index is 0.653. The van der Waals surface area contributed by atoms with E-state index in [0.29, 0.717) is 5.69 Å². The summed E-state index contributed by atoms with van der Waals surface area (Å²) in [5.41, 5.74) is 9.41. The van der Waals surface area contributed by atoms with Crippen LogP contribution in [0.25, 0.3) is 71.1 Å². The lowest BCUT2D eigenvalue weighted by atomic mass is 10.0. The molecule has 5 aromatic carbocycles. The highest BCUT2D eigenvalue weighted by molar-refractivity contribution is 6.10. The Balaban J connectivity index is 1.31. The summed E-state index contributed by atoms with van der Waals surface area (Å²) in [6.07, 6.45) is 1.86. The van der Waals surface area contributed by atoms with Gasteiger partial charge in [0.2, 0.25) is 0 Å². The van der Waals surface area contributed by atoms with E-state index in [2.05, 4.69) is 123 Å². The third-order valence-electron chi connectivity index (χ3n) is 7.76. The minimum Gasteiger partial charge on any atom is -0.309 e. The van der Waals surface area contributed by atoms with Crippen LogP contribution in [0.1, 0.15) is 0 Å². The maximum absolute atomic E-state index is 7.49. The van der Waals surface area contributed by atoms with E-state index in [-0.39, 0.29) is 0 Å². The van der Waals surface area contributed by atoms with Crippen molar-refractivity contribution in [2.75, 3.05) is 0 Å². The summed E-state index contributed by atoms with van der Waals surface area (Å²) in [6, 6.07) is 44.3. The zero-order chi connectivity index (χ0) is 26.6. The molecule has 0 aliphatic carbocycles. The molecule has 0 saturated heterocycles. The van der Waals surface area contributed by atoms with Crippen molar-refractivity contribution >= 4 is 49.4 Å². The number of hydrogen-bond donors (Lipinski definition) is 0. The monoisotopic (exact) mass is 510 g/mol. The van der Waals surface area contributed by atoms with Crippen molar-refractivity contribution < 1.29 is 0 Å². The summed E-state index contributed by atoms with van der Waals surface area (Å²) < 4.78 is 4.54. The van der Waals surface area contributed by atoms with E-state index >= 15 is 0 Å². The molecule has 0 saturated carbocycles. The van der Waals surface area contributed by atoms with E-state index in [4.69, 9.17) is 11.6 Å². The van der Waals surface area contributed by atoms with Crippen LogP contribution >= 0.6 is 0 Å². The van der Waals surface area contributed by atoms with Crippen LogP contribution in [0.2, 0.25) is 0 Å². The van der Waals surface area contributed by atoms with Gasteiger partial charge in [-0.05, 0) is 77.2 Å². The van der Waals surface area contributed by atoms with Crippen molar-refractivity contribution in [1.82, 2.24) is 14.1 Å². The molecular weight excluding hydrogens is 488 g/mol. The van der Waals surface area contributed by atoms with E-state index in [1.807, 2.05) is 24.4 Å². The molecule has 4 heteroatoms. The van der Waals surface area contributed by atoms with Crippen molar-refractivity contribution in [2.24, 2.45) is 0 Å². The molecule has 40 heavy (non-hydrogen) atoms. The molecule has 0 unspecified atom stereocenters. The van der Waals surface area contributed by atoms with Gasteiger partial charge in [-0.2, -0.15) is 0 Å². The summed E-state index contributed by atoms with van der Waals surface area (Å²) in [6.45, 7) is 7.49. The number of fused-ring (bicyclic) bond motifs is 6. The van der Waals surface area contributed by atoms with Crippen molar-refractivity contribution in [1.29, 1.82) is 0 Å². The molecule has 8 aromatic rings. The number of benzene rings is 5. The van der Waals surface area contributed by atoms with Crippen LogP contribution in [0.4, 0.5) is 5.69 Å². The molecule has 0 aliphatic rings. The van der Waals surface area contributed by atoms with Gasteiger partial charge in [0.05, 0.1) is 23.1 Å². The summed E-state index contributed by atoms with van der Waals surface area (Å²) in [7, 11) is 0. The fourth-order valence-corrected chi connectivity index (χ4v) is 6.01. The van der Waals surface area contributed by atoms with Gasteiger partial charge in [0, 0.05) is 33.7 Å². The quantitative estimate of drug-likeness (QED) is 0.217. The minimum atomic E-state index is 0.653. The van der Waals surface area contributed by atoms with Crippen molar-refractivity contribution in [3.63, 3.8) is 0 Å². The van der Waals surface area contributed by atoms with E-state index in [0.717, 1.165) is 60.9 Å². The maximum Gasteiger partial charge on any atom is 0.188 e. The summed E-state index contributed by atoms with van der Waals surface area (Å²) >= 11 is 0. The number of pyridine rings is 1. The van der Waals surface area contributed by atoms with Gasteiger partial charge < -0.3 is 4.57 Å². The van der Waals surface area contributed by atoms with Crippen LogP contribution in [0.3, 0.4) is 0 Å². The number of hydrogen-bond acceptors (Lipinski definition) is 1. The smallest absolute Gasteiger partial charge is 0.188 e. The molecule has 0 bridgehead atoms. The summed E-state index contributed by atoms with van der Waals surface area (Å²) in [4.78, 5) is 8.42. The van der Waals surface area contributed by atoms with Crippen LogP contribution in [0.15, 0.2) is 134 Å². The molecular formula is C36H22N4. The van der Waals surface area contributed by atoms with Crippen molar-refractivity contribution in [2.45, 2.75) is 0 Å². The van der Waals surface area contributed by atoms with Gasteiger partial charge in [0.25, 0.3) is 0 Å². The molecule has 4 nitrogen and oxygen atoms in total.